The molecule has 21 heavy (non-hydrogen) atoms. The Labute approximate surface area is 128 Å². The Balaban J connectivity index is 2.32. The van der Waals surface area contributed by atoms with Gasteiger partial charge in [-0.1, -0.05) is 6.07 Å². The number of amides is 1. The normalized spacial score (nSPS) is 11.6. The third-order valence-corrected chi connectivity index (χ3v) is 3.53. The lowest BCUT2D eigenvalue weighted by Gasteiger charge is -2.10. The van der Waals surface area contributed by atoms with Crippen molar-refractivity contribution >= 4 is 29.3 Å². The molecular formula is C14H20N2O4S. The first kappa shape index (κ1) is 17.3. The molecular weight excluding hydrogens is 292 g/mol. The van der Waals surface area contributed by atoms with Crippen LogP contribution in [0.5, 0.6) is 5.75 Å². The van der Waals surface area contributed by atoms with E-state index in [1.165, 1.54) is 11.8 Å². The van der Waals surface area contributed by atoms with Gasteiger partial charge < -0.3 is 20.5 Å². The lowest BCUT2D eigenvalue weighted by Crippen LogP contribution is -2.35. The van der Waals surface area contributed by atoms with Gasteiger partial charge in [0.1, 0.15) is 11.8 Å². The van der Waals surface area contributed by atoms with Gasteiger partial charge in [-0.3, -0.25) is 9.59 Å². The van der Waals surface area contributed by atoms with Gasteiger partial charge in [0.05, 0.1) is 19.5 Å². The quantitative estimate of drug-likeness (QED) is 0.702. The number of hydrogen-bond donors (Lipinski definition) is 2. The molecule has 1 atom stereocenters. The maximum Gasteiger partial charge on any atom is 0.323 e. The van der Waals surface area contributed by atoms with Gasteiger partial charge in [-0.2, -0.15) is 0 Å². The van der Waals surface area contributed by atoms with Crippen LogP contribution in [0.4, 0.5) is 5.69 Å². The number of carbonyl (C=O) groups is 2. The van der Waals surface area contributed by atoms with Crippen LogP contribution in [0, 0.1) is 0 Å². The number of anilines is 1. The number of esters is 1. The topological polar surface area (TPSA) is 90.7 Å². The van der Waals surface area contributed by atoms with Crippen LogP contribution in [0.1, 0.15) is 6.92 Å². The van der Waals surface area contributed by atoms with Gasteiger partial charge in [0.15, 0.2) is 0 Å². The van der Waals surface area contributed by atoms with Crippen LogP contribution in [0.15, 0.2) is 24.3 Å². The van der Waals surface area contributed by atoms with Crippen molar-refractivity contribution in [1.29, 1.82) is 0 Å². The molecule has 116 valence electrons. The fraction of sp³-hybridized carbons (Fsp3) is 0.429. The van der Waals surface area contributed by atoms with Crippen LogP contribution < -0.4 is 15.8 Å². The minimum Gasteiger partial charge on any atom is -0.497 e. The van der Waals surface area contributed by atoms with E-state index in [1.54, 1.807) is 38.3 Å². The van der Waals surface area contributed by atoms with Crippen LogP contribution in [-0.2, 0) is 14.3 Å². The first-order valence-electron chi connectivity index (χ1n) is 6.50. The van der Waals surface area contributed by atoms with Gasteiger partial charge in [-0.15, -0.1) is 11.8 Å². The summed E-state index contributed by atoms with van der Waals surface area (Å²) in [6.45, 7) is 2.02. The lowest BCUT2D eigenvalue weighted by atomic mass is 10.3. The average Bonchev–Trinajstić information content (AvgIpc) is 2.47. The highest BCUT2D eigenvalue weighted by Crippen LogP contribution is 2.17. The zero-order valence-corrected chi connectivity index (χ0v) is 12.9. The molecule has 0 heterocycles. The molecule has 0 aliphatic rings. The second kappa shape index (κ2) is 9.25. The number of hydrogen-bond acceptors (Lipinski definition) is 6. The van der Waals surface area contributed by atoms with Crippen molar-refractivity contribution in [3.63, 3.8) is 0 Å². The summed E-state index contributed by atoms with van der Waals surface area (Å²) in [5, 5.41) is 2.75. The first-order chi connectivity index (χ1) is 10.1. The third kappa shape index (κ3) is 6.50. The van der Waals surface area contributed by atoms with E-state index in [2.05, 4.69) is 5.32 Å². The SMILES string of the molecule is CCOC(=O)C(N)CSCC(=O)Nc1cccc(OC)c1. The second-order valence-electron chi connectivity index (χ2n) is 4.15. The summed E-state index contributed by atoms with van der Waals surface area (Å²) in [4.78, 5) is 23.1. The van der Waals surface area contributed by atoms with E-state index in [-0.39, 0.29) is 11.7 Å². The molecule has 0 saturated carbocycles. The Kier molecular flexibility index (Phi) is 7.63. The summed E-state index contributed by atoms with van der Waals surface area (Å²) in [7, 11) is 1.56. The molecule has 3 N–H and O–H groups in total. The molecule has 0 fully saturated rings. The molecule has 0 radical (unpaired) electrons. The van der Waals surface area contributed by atoms with Crippen LogP contribution in [0.2, 0.25) is 0 Å². The molecule has 0 aromatic heterocycles. The first-order valence-corrected chi connectivity index (χ1v) is 7.66. The number of nitrogens with two attached hydrogens (primary N) is 1. The standard InChI is InChI=1S/C14H20N2O4S/c1-3-20-14(18)12(15)8-21-9-13(17)16-10-5-4-6-11(7-10)19-2/h4-7,12H,3,8-9,15H2,1-2H3,(H,16,17). The molecule has 7 heteroatoms. The number of carbonyl (C=O) groups excluding carboxylic acids is 2. The number of ether oxygens (including phenoxy) is 2. The highest BCUT2D eigenvalue weighted by molar-refractivity contribution is 8.00. The summed E-state index contributed by atoms with van der Waals surface area (Å²) in [5.41, 5.74) is 6.30. The third-order valence-electron chi connectivity index (χ3n) is 2.47. The monoisotopic (exact) mass is 312 g/mol. The maximum absolute atomic E-state index is 11.8. The fourth-order valence-corrected chi connectivity index (χ4v) is 2.26. The molecule has 1 rings (SSSR count). The van der Waals surface area contributed by atoms with Crippen molar-refractivity contribution in [2.45, 2.75) is 13.0 Å². The molecule has 0 saturated heterocycles. The Morgan fingerprint density at radius 2 is 2.19 bits per heavy atom. The maximum atomic E-state index is 11.8. The number of methoxy groups -OCH3 is 1. The van der Waals surface area contributed by atoms with Crippen molar-refractivity contribution < 1.29 is 19.1 Å². The van der Waals surface area contributed by atoms with Crippen LogP contribution in [0.3, 0.4) is 0 Å². The van der Waals surface area contributed by atoms with Gasteiger partial charge in [0.25, 0.3) is 0 Å². The summed E-state index contributed by atoms with van der Waals surface area (Å²) in [5.74, 6) is 0.613. The summed E-state index contributed by atoms with van der Waals surface area (Å²) < 4.78 is 9.86. The number of nitrogens with one attached hydrogen (secondary N) is 1. The molecule has 6 nitrogen and oxygen atoms in total. The minimum absolute atomic E-state index is 0.163. The van der Waals surface area contributed by atoms with Gasteiger partial charge in [-0.25, -0.2) is 0 Å². The van der Waals surface area contributed by atoms with Gasteiger partial charge >= 0.3 is 5.97 Å². The van der Waals surface area contributed by atoms with Crippen molar-refractivity contribution in [2.24, 2.45) is 5.73 Å². The molecule has 0 aliphatic carbocycles. The average molecular weight is 312 g/mol. The largest absolute Gasteiger partial charge is 0.497 e. The van der Waals surface area contributed by atoms with E-state index in [9.17, 15) is 9.59 Å². The predicted molar refractivity (Wildman–Crippen MR) is 83.6 cm³/mol. The van der Waals surface area contributed by atoms with E-state index >= 15 is 0 Å². The van der Waals surface area contributed by atoms with Crippen molar-refractivity contribution in [2.75, 3.05) is 30.5 Å². The van der Waals surface area contributed by atoms with E-state index in [4.69, 9.17) is 15.2 Å². The lowest BCUT2D eigenvalue weighted by molar-refractivity contribution is -0.144. The Hall–Kier alpha value is -1.73. The summed E-state index contributed by atoms with van der Waals surface area (Å²) in [6, 6.07) is 6.38. The zero-order chi connectivity index (χ0) is 15.7. The van der Waals surface area contributed by atoms with Crippen molar-refractivity contribution in [3.05, 3.63) is 24.3 Å². The number of rotatable bonds is 8. The Morgan fingerprint density at radius 1 is 1.43 bits per heavy atom. The van der Waals surface area contributed by atoms with E-state index < -0.39 is 12.0 Å². The van der Waals surface area contributed by atoms with E-state index in [0.29, 0.717) is 23.8 Å². The predicted octanol–water partition coefficient (Wildman–Crippen LogP) is 1.26. The van der Waals surface area contributed by atoms with Crippen LogP contribution >= 0.6 is 11.8 Å². The molecule has 1 amide bonds. The molecule has 1 unspecified atom stereocenters. The van der Waals surface area contributed by atoms with Crippen LogP contribution in [0.25, 0.3) is 0 Å². The van der Waals surface area contributed by atoms with Crippen LogP contribution in [-0.4, -0.2) is 43.1 Å². The molecule has 1 aromatic carbocycles. The summed E-state index contributed by atoms with van der Waals surface area (Å²) >= 11 is 1.28. The molecule has 0 bridgehead atoms. The van der Waals surface area contributed by atoms with E-state index in [1.807, 2.05) is 0 Å². The van der Waals surface area contributed by atoms with Gasteiger partial charge in [-0.05, 0) is 19.1 Å². The van der Waals surface area contributed by atoms with E-state index in [0.717, 1.165) is 0 Å². The fourth-order valence-electron chi connectivity index (χ4n) is 1.49. The van der Waals surface area contributed by atoms with Crippen molar-refractivity contribution in [1.82, 2.24) is 0 Å². The van der Waals surface area contributed by atoms with Crippen molar-refractivity contribution in [3.8, 4) is 5.75 Å². The van der Waals surface area contributed by atoms with Gasteiger partial charge in [0.2, 0.25) is 5.91 Å². The highest BCUT2D eigenvalue weighted by atomic mass is 32.2. The molecule has 1 aromatic rings. The zero-order valence-electron chi connectivity index (χ0n) is 12.1. The van der Waals surface area contributed by atoms with Gasteiger partial charge in [0, 0.05) is 17.5 Å². The summed E-state index contributed by atoms with van der Waals surface area (Å²) in [6.07, 6.45) is 0. The Morgan fingerprint density at radius 3 is 2.86 bits per heavy atom. The molecule has 0 spiro atoms. The molecule has 0 aliphatic heterocycles. The number of benzene rings is 1. The minimum atomic E-state index is -0.709. The number of thioether (sulfide) groups is 1. The highest BCUT2D eigenvalue weighted by Gasteiger charge is 2.15. The smallest absolute Gasteiger partial charge is 0.323 e. The Bertz CT molecular complexity index is 482. The second-order valence-corrected chi connectivity index (χ2v) is 5.18.